The molecule has 1 aliphatic rings. The summed E-state index contributed by atoms with van der Waals surface area (Å²) < 4.78 is 13.9. The molecule has 2 rings (SSSR count). The normalized spacial score (nSPS) is 18.6. The van der Waals surface area contributed by atoms with Gasteiger partial charge < -0.3 is 10.6 Å². The molecule has 18 heavy (non-hydrogen) atoms. The number of likely N-dealkylation sites (tertiary alicyclic amines) is 1. The first-order chi connectivity index (χ1) is 8.13. The van der Waals surface area contributed by atoms with Crippen LogP contribution in [0.4, 0.5) is 4.39 Å². The largest absolute Gasteiger partial charge is 0.334 e. The number of carbonyl (C=O) groups is 1. The molecule has 1 atom stereocenters. The van der Waals surface area contributed by atoms with Crippen molar-refractivity contribution in [2.24, 2.45) is 5.73 Å². The Bertz CT molecular complexity index is 444. The summed E-state index contributed by atoms with van der Waals surface area (Å²) in [6.45, 7) is 1.19. The van der Waals surface area contributed by atoms with Gasteiger partial charge in [-0.2, -0.15) is 0 Å². The van der Waals surface area contributed by atoms with Gasteiger partial charge in [-0.1, -0.05) is 0 Å². The van der Waals surface area contributed by atoms with Gasteiger partial charge in [-0.15, -0.1) is 12.4 Å². The molecule has 2 N–H and O–H groups in total. The van der Waals surface area contributed by atoms with Crippen molar-refractivity contribution in [3.63, 3.8) is 0 Å². The lowest BCUT2D eigenvalue weighted by molar-refractivity contribution is 0.0740. The van der Waals surface area contributed by atoms with Gasteiger partial charge in [0.15, 0.2) is 0 Å². The van der Waals surface area contributed by atoms with Crippen molar-refractivity contribution in [2.45, 2.75) is 18.9 Å². The van der Waals surface area contributed by atoms with Gasteiger partial charge in [0.1, 0.15) is 5.82 Å². The highest BCUT2D eigenvalue weighted by molar-refractivity contribution is 14.1. The molecule has 0 aromatic heterocycles. The molecular formula is C12H15ClFIN2O. The molecule has 1 heterocycles. The Balaban J connectivity index is 0.00000162. The van der Waals surface area contributed by atoms with E-state index in [1.165, 1.54) is 6.07 Å². The van der Waals surface area contributed by atoms with Gasteiger partial charge in [0, 0.05) is 28.3 Å². The van der Waals surface area contributed by atoms with E-state index >= 15 is 0 Å². The van der Waals surface area contributed by atoms with E-state index in [4.69, 9.17) is 5.73 Å². The quantitative estimate of drug-likeness (QED) is 0.796. The third-order valence-corrected chi connectivity index (χ3v) is 3.95. The van der Waals surface area contributed by atoms with E-state index in [9.17, 15) is 9.18 Å². The van der Waals surface area contributed by atoms with Crippen molar-refractivity contribution in [3.05, 3.63) is 33.1 Å². The zero-order chi connectivity index (χ0) is 12.4. The van der Waals surface area contributed by atoms with Gasteiger partial charge in [-0.05, 0) is 53.6 Å². The number of nitrogens with zero attached hydrogens (tertiary/aromatic N) is 1. The topological polar surface area (TPSA) is 46.3 Å². The number of hydrogen-bond acceptors (Lipinski definition) is 2. The summed E-state index contributed by atoms with van der Waals surface area (Å²) in [4.78, 5) is 13.9. The first-order valence-electron chi connectivity index (χ1n) is 5.59. The molecule has 1 aromatic carbocycles. The van der Waals surface area contributed by atoms with Crippen LogP contribution in [0.15, 0.2) is 18.2 Å². The molecule has 0 aliphatic carbocycles. The van der Waals surface area contributed by atoms with E-state index in [-0.39, 0.29) is 30.2 Å². The third-order valence-electron chi connectivity index (χ3n) is 3.08. The number of hydrogen-bond donors (Lipinski definition) is 1. The number of nitrogens with two attached hydrogens (primary N) is 1. The SMILES string of the molecule is Cl.NCC1CCCN1C(=O)c1ccc(I)c(F)c1. The maximum absolute atomic E-state index is 13.4. The van der Waals surface area contributed by atoms with Gasteiger partial charge in [-0.3, -0.25) is 4.79 Å². The van der Waals surface area contributed by atoms with Crippen molar-refractivity contribution in [2.75, 3.05) is 13.1 Å². The van der Waals surface area contributed by atoms with Gasteiger partial charge in [0.2, 0.25) is 0 Å². The zero-order valence-electron chi connectivity index (χ0n) is 9.73. The average Bonchev–Trinajstić information content (AvgIpc) is 2.80. The van der Waals surface area contributed by atoms with Crippen LogP contribution in [-0.2, 0) is 0 Å². The van der Waals surface area contributed by atoms with Crippen molar-refractivity contribution in [1.82, 2.24) is 4.90 Å². The lowest BCUT2D eigenvalue weighted by atomic mass is 10.1. The first kappa shape index (κ1) is 15.7. The van der Waals surface area contributed by atoms with Crippen LogP contribution >= 0.6 is 35.0 Å². The summed E-state index contributed by atoms with van der Waals surface area (Å²) in [5, 5.41) is 0. The molecule has 1 aromatic rings. The smallest absolute Gasteiger partial charge is 0.254 e. The maximum Gasteiger partial charge on any atom is 0.254 e. The molecule has 0 spiro atoms. The standard InChI is InChI=1S/C12H14FIN2O.ClH/c13-10-6-8(3-4-11(10)14)12(17)16-5-1-2-9(16)7-15;/h3-4,6,9H,1-2,5,7,15H2;1H. The molecule has 0 saturated carbocycles. The lowest BCUT2D eigenvalue weighted by Crippen LogP contribution is -2.39. The molecule has 3 nitrogen and oxygen atoms in total. The number of rotatable bonds is 2. The monoisotopic (exact) mass is 384 g/mol. The van der Waals surface area contributed by atoms with Crippen LogP contribution in [0.3, 0.4) is 0 Å². The Morgan fingerprint density at radius 2 is 2.28 bits per heavy atom. The molecule has 1 unspecified atom stereocenters. The van der Waals surface area contributed by atoms with Gasteiger partial charge in [-0.25, -0.2) is 4.39 Å². The molecule has 1 saturated heterocycles. The fourth-order valence-electron chi connectivity index (χ4n) is 2.14. The highest BCUT2D eigenvalue weighted by atomic mass is 127. The van der Waals surface area contributed by atoms with E-state index in [0.717, 1.165) is 12.8 Å². The van der Waals surface area contributed by atoms with Crippen LogP contribution < -0.4 is 5.73 Å². The summed E-state index contributed by atoms with van der Waals surface area (Å²) in [6.07, 6.45) is 1.91. The Hall–Kier alpha value is -0.400. The summed E-state index contributed by atoms with van der Waals surface area (Å²) in [7, 11) is 0. The summed E-state index contributed by atoms with van der Waals surface area (Å²) >= 11 is 1.90. The third kappa shape index (κ3) is 3.13. The molecule has 1 amide bonds. The fourth-order valence-corrected chi connectivity index (χ4v) is 2.48. The van der Waals surface area contributed by atoms with Crippen molar-refractivity contribution in [1.29, 1.82) is 0 Å². The minimum absolute atomic E-state index is 0. The van der Waals surface area contributed by atoms with Crippen LogP contribution in [0.25, 0.3) is 0 Å². The lowest BCUT2D eigenvalue weighted by Gasteiger charge is -2.23. The molecule has 100 valence electrons. The van der Waals surface area contributed by atoms with E-state index in [0.29, 0.717) is 22.2 Å². The van der Waals surface area contributed by atoms with Crippen molar-refractivity contribution >= 4 is 40.9 Å². The Labute approximate surface area is 125 Å². The van der Waals surface area contributed by atoms with E-state index in [1.54, 1.807) is 17.0 Å². The molecule has 0 radical (unpaired) electrons. The molecule has 1 aliphatic heterocycles. The van der Waals surface area contributed by atoms with Crippen LogP contribution in [0.2, 0.25) is 0 Å². The second kappa shape index (κ2) is 6.68. The number of benzene rings is 1. The zero-order valence-corrected chi connectivity index (χ0v) is 12.7. The average molecular weight is 385 g/mol. The number of halogens is 3. The van der Waals surface area contributed by atoms with Crippen molar-refractivity contribution < 1.29 is 9.18 Å². The second-order valence-corrected chi connectivity index (χ2v) is 5.32. The maximum atomic E-state index is 13.4. The Kier molecular flexibility index (Phi) is 5.81. The van der Waals surface area contributed by atoms with Crippen LogP contribution in [0, 0.1) is 9.39 Å². The minimum atomic E-state index is -0.347. The highest BCUT2D eigenvalue weighted by Crippen LogP contribution is 2.20. The summed E-state index contributed by atoms with van der Waals surface area (Å²) in [6, 6.07) is 4.69. The fraction of sp³-hybridized carbons (Fsp3) is 0.417. The van der Waals surface area contributed by atoms with Crippen LogP contribution in [0.5, 0.6) is 0 Å². The second-order valence-electron chi connectivity index (χ2n) is 4.16. The Morgan fingerprint density at radius 3 is 2.89 bits per heavy atom. The van der Waals surface area contributed by atoms with Gasteiger partial charge in [0.05, 0.1) is 0 Å². The van der Waals surface area contributed by atoms with Gasteiger partial charge >= 0.3 is 0 Å². The predicted octanol–water partition coefficient (Wildman–Crippen LogP) is 2.42. The van der Waals surface area contributed by atoms with E-state index < -0.39 is 0 Å². The van der Waals surface area contributed by atoms with Gasteiger partial charge in [0.25, 0.3) is 5.91 Å². The highest BCUT2D eigenvalue weighted by Gasteiger charge is 2.28. The van der Waals surface area contributed by atoms with Crippen molar-refractivity contribution in [3.8, 4) is 0 Å². The minimum Gasteiger partial charge on any atom is -0.334 e. The Morgan fingerprint density at radius 1 is 1.56 bits per heavy atom. The number of amides is 1. The predicted molar refractivity (Wildman–Crippen MR) is 79.5 cm³/mol. The van der Waals surface area contributed by atoms with Crippen LogP contribution in [0.1, 0.15) is 23.2 Å². The molecule has 6 heteroatoms. The van der Waals surface area contributed by atoms with E-state index in [1.807, 2.05) is 22.6 Å². The molecule has 0 bridgehead atoms. The molecular weight excluding hydrogens is 370 g/mol. The first-order valence-corrected chi connectivity index (χ1v) is 6.67. The summed E-state index contributed by atoms with van der Waals surface area (Å²) in [5.74, 6) is -0.465. The van der Waals surface area contributed by atoms with E-state index in [2.05, 4.69) is 0 Å². The number of carbonyl (C=O) groups excluding carboxylic acids is 1. The summed E-state index contributed by atoms with van der Waals surface area (Å²) in [5.41, 5.74) is 6.03. The van der Waals surface area contributed by atoms with Crippen LogP contribution in [-0.4, -0.2) is 29.9 Å². The molecule has 1 fully saturated rings.